The first kappa shape index (κ1) is 17.9. The highest BCUT2D eigenvalue weighted by Crippen LogP contribution is 2.16. The summed E-state index contributed by atoms with van der Waals surface area (Å²) in [6.45, 7) is 3.46. The van der Waals surface area contributed by atoms with Crippen LogP contribution < -0.4 is 5.32 Å². The molecular weight excluding hydrogens is 352 g/mol. The van der Waals surface area contributed by atoms with Gasteiger partial charge in [-0.2, -0.15) is 4.98 Å². The van der Waals surface area contributed by atoms with Crippen molar-refractivity contribution in [2.24, 2.45) is 0 Å². The highest BCUT2D eigenvalue weighted by molar-refractivity contribution is 5.55. The lowest BCUT2D eigenvalue weighted by Gasteiger charge is -2.05. The monoisotopic (exact) mass is 372 g/mol. The molecule has 0 aliphatic heterocycles. The lowest BCUT2D eigenvalue weighted by atomic mass is 10.1. The summed E-state index contributed by atoms with van der Waals surface area (Å²) in [5.41, 5.74) is 4.09. The van der Waals surface area contributed by atoms with Crippen molar-refractivity contribution in [2.45, 2.75) is 19.9 Å². The van der Waals surface area contributed by atoms with Crippen molar-refractivity contribution >= 4 is 0 Å². The fourth-order valence-corrected chi connectivity index (χ4v) is 2.78. The maximum absolute atomic E-state index is 5.29. The second-order valence-electron chi connectivity index (χ2n) is 6.46. The number of nitrogens with zero attached hydrogens (tertiary/aromatic N) is 5. The van der Waals surface area contributed by atoms with Crippen LogP contribution >= 0.6 is 0 Å². The van der Waals surface area contributed by atoms with Crippen LogP contribution in [0.25, 0.3) is 22.8 Å². The minimum atomic E-state index is 0.559. The van der Waals surface area contributed by atoms with Crippen LogP contribution in [0, 0.1) is 6.92 Å². The van der Waals surface area contributed by atoms with Gasteiger partial charge in [0.1, 0.15) is 0 Å². The fourth-order valence-electron chi connectivity index (χ4n) is 2.78. The molecule has 3 aromatic heterocycles. The minimum absolute atomic E-state index is 0.559. The zero-order valence-electron chi connectivity index (χ0n) is 15.5. The third kappa shape index (κ3) is 4.44. The molecule has 7 heteroatoms. The van der Waals surface area contributed by atoms with Gasteiger partial charge in [-0.1, -0.05) is 28.9 Å². The molecule has 0 bridgehead atoms. The van der Waals surface area contributed by atoms with E-state index in [0.29, 0.717) is 31.2 Å². The molecule has 0 radical (unpaired) electrons. The Morgan fingerprint density at radius 3 is 2.61 bits per heavy atom. The third-order valence-corrected chi connectivity index (χ3v) is 4.21. The van der Waals surface area contributed by atoms with E-state index in [1.54, 1.807) is 12.4 Å². The number of benzene rings is 1. The van der Waals surface area contributed by atoms with Crippen molar-refractivity contribution in [3.63, 3.8) is 0 Å². The molecule has 0 aliphatic rings. The van der Waals surface area contributed by atoms with Crippen molar-refractivity contribution in [1.29, 1.82) is 0 Å². The van der Waals surface area contributed by atoms with Crippen LogP contribution in [0.5, 0.6) is 0 Å². The predicted molar refractivity (Wildman–Crippen MR) is 105 cm³/mol. The molecule has 1 N–H and O–H groups in total. The summed E-state index contributed by atoms with van der Waals surface area (Å²) in [6.07, 6.45) is 7.78. The van der Waals surface area contributed by atoms with Crippen molar-refractivity contribution < 1.29 is 4.52 Å². The molecule has 0 atom stereocenters. The molecule has 0 spiro atoms. The SMILES string of the molecule is Cc1cccc(-c2ncc(CNCCc3nc(-c4cccnc4)no3)cn2)c1. The molecule has 28 heavy (non-hydrogen) atoms. The Morgan fingerprint density at radius 2 is 1.82 bits per heavy atom. The van der Waals surface area contributed by atoms with E-state index in [1.807, 2.05) is 36.7 Å². The van der Waals surface area contributed by atoms with Gasteiger partial charge in [0, 0.05) is 61.0 Å². The number of hydrogen-bond donors (Lipinski definition) is 1. The Labute approximate surface area is 162 Å². The van der Waals surface area contributed by atoms with Crippen LogP contribution in [0.4, 0.5) is 0 Å². The van der Waals surface area contributed by atoms with E-state index in [9.17, 15) is 0 Å². The second-order valence-corrected chi connectivity index (χ2v) is 6.46. The zero-order valence-corrected chi connectivity index (χ0v) is 15.5. The van der Waals surface area contributed by atoms with Gasteiger partial charge in [-0.3, -0.25) is 4.98 Å². The van der Waals surface area contributed by atoms with Crippen molar-refractivity contribution in [3.8, 4) is 22.8 Å². The molecule has 0 fully saturated rings. The van der Waals surface area contributed by atoms with Crippen LogP contribution in [0.2, 0.25) is 0 Å². The summed E-state index contributed by atoms with van der Waals surface area (Å²) < 4.78 is 5.29. The summed E-state index contributed by atoms with van der Waals surface area (Å²) in [5, 5.41) is 7.34. The van der Waals surface area contributed by atoms with Gasteiger partial charge < -0.3 is 9.84 Å². The van der Waals surface area contributed by atoms with Gasteiger partial charge in [0.2, 0.25) is 11.7 Å². The average molecular weight is 372 g/mol. The smallest absolute Gasteiger partial charge is 0.228 e. The van der Waals surface area contributed by atoms with Gasteiger partial charge >= 0.3 is 0 Å². The molecule has 4 aromatic rings. The molecule has 0 amide bonds. The molecule has 0 unspecified atom stereocenters. The molecule has 0 saturated heterocycles. The Hall–Kier alpha value is -3.45. The van der Waals surface area contributed by atoms with Crippen LogP contribution in [-0.4, -0.2) is 31.6 Å². The summed E-state index contributed by atoms with van der Waals surface area (Å²) in [6, 6.07) is 11.9. The summed E-state index contributed by atoms with van der Waals surface area (Å²) in [4.78, 5) is 17.4. The van der Waals surface area contributed by atoms with Crippen molar-refractivity contribution in [3.05, 3.63) is 78.2 Å². The molecule has 0 aliphatic carbocycles. The van der Waals surface area contributed by atoms with Crippen LogP contribution in [0.15, 0.2) is 65.7 Å². The quantitative estimate of drug-likeness (QED) is 0.498. The lowest BCUT2D eigenvalue weighted by molar-refractivity contribution is 0.376. The van der Waals surface area contributed by atoms with Crippen LogP contribution in [0.3, 0.4) is 0 Å². The van der Waals surface area contributed by atoms with E-state index in [1.165, 1.54) is 5.56 Å². The van der Waals surface area contributed by atoms with E-state index in [4.69, 9.17) is 4.52 Å². The van der Waals surface area contributed by atoms with Gasteiger partial charge in [-0.05, 0) is 25.1 Å². The number of aromatic nitrogens is 5. The molecule has 7 nitrogen and oxygen atoms in total. The Morgan fingerprint density at radius 1 is 0.964 bits per heavy atom. The Bertz CT molecular complexity index is 1030. The standard InChI is InChI=1S/C21H20N6O/c1-15-4-2-5-17(10-15)20-24-12-16(13-25-20)11-23-9-7-19-26-21(27-28-19)18-6-3-8-22-14-18/h2-6,8,10,12-14,23H,7,9,11H2,1H3. The Balaban J connectivity index is 1.27. The molecule has 4 rings (SSSR count). The maximum atomic E-state index is 5.29. The second kappa shape index (κ2) is 8.49. The first-order valence-corrected chi connectivity index (χ1v) is 9.09. The molecule has 140 valence electrons. The van der Waals surface area contributed by atoms with E-state index in [0.717, 1.165) is 22.5 Å². The largest absolute Gasteiger partial charge is 0.339 e. The number of aryl methyl sites for hydroxylation is 1. The lowest BCUT2D eigenvalue weighted by Crippen LogP contribution is -2.17. The van der Waals surface area contributed by atoms with E-state index in [2.05, 4.69) is 49.5 Å². The van der Waals surface area contributed by atoms with Crippen molar-refractivity contribution in [1.82, 2.24) is 30.4 Å². The summed E-state index contributed by atoms with van der Waals surface area (Å²) in [5.74, 6) is 1.89. The number of nitrogens with one attached hydrogen (secondary N) is 1. The van der Waals surface area contributed by atoms with Gasteiger partial charge in [-0.25, -0.2) is 9.97 Å². The van der Waals surface area contributed by atoms with Crippen LogP contribution in [0.1, 0.15) is 17.0 Å². The molecule has 0 saturated carbocycles. The summed E-state index contributed by atoms with van der Waals surface area (Å²) >= 11 is 0. The first-order chi connectivity index (χ1) is 13.8. The topological polar surface area (TPSA) is 89.6 Å². The van der Waals surface area contributed by atoms with Gasteiger partial charge in [0.05, 0.1) is 0 Å². The van der Waals surface area contributed by atoms with E-state index >= 15 is 0 Å². The van der Waals surface area contributed by atoms with Gasteiger partial charge in [0.15, 0.2) is 5.82 Å². The first-order valence-electron chi connectivity index (χ1n) is 9.09. The number of pyridine rings is 1. The molecular formula is C21H20N6O. The van der Waals surface area contributed by atoms with Gasteiger partial charge in [0.25, 0.3) is 0 Å². The van der Waals surface area contributed by atoms with Crippen molar-refractivity contribution in [2.75, 3.05) is 6.54 Å². The van der Waals surface area contributed by atoms with E-state index < -0.39 is 0 Å². The zero-order chi connectivity index (χ0) is 19.2. The highest BCUT2D eigenvalue weighted by Gasteiger charge is 2.08. The fraction of sp³-hybridized carbons (Fsp3) is 0.190. The maximum Gasteiger partial charge on any atom is 0.228 e. The average Bonchev–Trinajstić information content (AvgIpc) is 3.21. The molecule has 1 aromatic carbocycles. The summed E-state index contributed by atoms with van der Waals surface area (Å²) in [7, 11) is 0. The number of rotatable bonds is 7. The third-order valence-electron chi connectivity index (χ3n) is 4.21. The molecule has 3 heterocycles. The normalized spacial score (nSPS) is 10.9. The highest BCUT2D eigenvalue weighted by atomic mass is 16.5. The van der Waals surface area contributed by atoms with Gasteiger partial charge in [-0.15, -0.1) is 0 Å². The minimum Gasteiger partial charge on any atom is -0.339 e. The van der Waals surface area contributed by atoms with Crippen LogP contribution in [-0.2, 0) is 13.0 Å². The number of hydrogen-bond acceptors (Lipinski definition) is 7. The van der Waals surface area contributed by atoms with E-state index in [-0.39, 0.29) is 0 Å². The predicted octanol–water partition coefficient (Wildman–Crippen LogP) is 3.23. The Kier molecular flexibility index (Phi) is 5.44.